The standard InChI is InChI=1S/C21H21NO7/c1-11(22-20(26)29-21(2,3)4)19(25)27-12-9-14(23)17-16(10-12)28-15-8-6-5-7-13(15)18(17)24/h5-11,23H,1-4H3,(H,22,26)/t11-/m1/s1. The first-order valence-electron chi connectivity index (χ1n) is 8.95. The quantitative estimate of drug-likeness (QED) is 0.394. The zero-order valence-corrected chi connectivity index (χ0v) is 16.4. The van der Waals surface area contributed by atoms with Gasteiger partial charge in [-0.2, -0.15) is 0 Å². The number of alkyl carbamates (subject to hydrolysis) is 1. The van der Waals surface area contributed by atoms with Crippen molar-refractivity contribution in [1.82, 2.24) is 5.32 Å². The molecule has 0 spiro atoms. The number of hydrogen-bond donors (Lipinski definition) is 2. The summed E-state index contributed by atoms with van der Waals surface area (Å²) < 4.78 is 16.0. The maximum Gasteiger partial charge on any atom is 0.408 e. The second-order valence-corrected chi connectivity index (χ2v) is 7.53. The third-order valence-electron chi connectivity index (χ3n) is 3.94. The fourth-order valence-corrected chi connectivity index (χ4v) is 2.69. The van der Waals surface area contributed by atoms with Crippen LogP contribution in [0, 0.1) is 0 Å². The van der Waals surface area contributed by atoms with Gasteiger partial charge in [0.15, 0.2) is 0 Å². The molecule has 0 unspecified atom stereocenters. The van der Waals surface area contributed by atoms with Crippen molar-refractivity contribution in [3.63, 3.8) is 0 Å². The molecule has 0 aliphatic heterocycles. The molecule has 29 heavy (non-hydrogen) atoms. The molecule has 0 saturated heterocycles. The number of carbonyl (C=O) groups excluding carboxylic acids is 2. The van der Waals surface area contributed by atoms with Gasteiger partial charge in [-0.25, -0.2) is 9.59 Å². The molecule has 1 aromatic heterocycles. The van der Waals surface area contributed by atoms with E-state index in [1.165, 1.54) is 13.0 Å². The molecule has 0 fully saturated rings. The van der Waals surface area contributed by atoms with Crippen molar-refractivity contribution in [3.05, 3.63) is 46.6 Å². The van der Waals surface area contributed by atoms with Gasteiger partial charge in [0.2, 0.25) is 5.43 Å². The van der Waals surface area contributed by atoms with Crippen LogP contribution in [-0.4, -0.2) is 28.8 Å². The van der Waals surface area contributed by atoms with Crippen molar-refractivity contribution in [2.75, 3.05) is 0 Å². The number of nitrogens with one attached hydrogen (secondary N) is 1. The van der Waals surface area contributed by atoms with Crippen LogP contribution in [0.2, 0.25) is 0 Å². The molecule has 152 valence electrons. The van der Waals surface area contributed by atoms with E-state index in [2.05, 4.69) is 5.32 Å². The largest absolute Gasteiger partial charge is 0.507 e. The molecule has 2 aromatic carbocycles. The summed E-state index contributed by atoms with van der Waals surface area (Å²) in [5, 5.41) is 13.0. The molecule has 1 atom stereocenters. The van der Waals surface area contributed by atoms with Gasteiger partial charge in [0.25, 0.3) is 0 Å². The van der Waals surface area contributed by atoms with E-state index in [4.69, 9.17) is 13.9 Å². The molecule has 0 bridgehead atoms. The Labute approximate surface area is 166 Å². The highest BCUT2D eigenvalue weighted by Crippen LogP contribution is 2.30. The van der Waals surface area contributed by atoms with Gasteiger partial charge in [-0.3, -0.25) is 4.79 Å². The molecule has 3 rings (SSSR count). The lowest BCUT2D eigenvalue weighted by Crippen LogP contribution is -2.43. The van der Waals surface area contributed by atoms with Crippen molar-refractivity contribution >= 4 is 34.0 Å². The highest BCUT2D eigenvalue weighted by Gasteiger charge is 2.23. The molecule has 3 aromatic rings. The number of amides is 1. The van der Waals surface area contributed by atoms with E-state index in [9.17, 15) is 19.5 Å². The summed E-state index contributed by atoms with van der Waals surface area (Å²) in [6, 6.07) is 8.10. The zero-order chi connectivity index (χ0) is 21.3. The van der Waals surface area contributed by atoms with E-state index >= 15 is 0 Å². The van der Waals surface area contributed by atoms with Gasteiger partial charge in [0, 0.05) is 12.1 Å². The van der Waals surface area contributed by atoms with Crippen LogP contribution >= 0.6 is 0 Å². The first-order valence-corrected chi connectivity index (χ1v) is 8.95. The van der Waals surface area contributed by atoms with Crippen LogP contribution in [-0.2, 0) is 9.53 Å². The predicted octanol–water partition coefficient (Wildman–Crippen LogP) is 3.47. The topological polar surface area (TPSA) is 115 Å². The summed E-state index contributed by atoms with van der Waals surface area (Å²) in [5.74, 6) is -1.19. The van der Waals surface area contributed by atoms with Gasteiger partial charge in [0.1, 0.15) is 39.7 Å². The van der Waals surface area contributed by atoms with Crippen molar-refractivity contribution in [2.24, 2.45) is 0 Å². The van der Waals surface area contributed by atoms with Gasteiger partial charge >= 0.3 is 12.1 Å². The van der Waals surface area contributed by atoms with Gasteiger partial charge in [-0.1, -0.05) is 12.1 Å². The zero-order valence-electron chi connectivity index (χ0n) is 16.4. The second-order valence-electron chi connectivity index (χ2n) is 7.53. The monoisotopic (exact) mass is 399 g/mol. The molecular formula is C21H21NO7. The van der Waals surface area contributed by atoms with Crippen LogP contribution in [0.5, 0.6) is 11.5 Å². The SMILES string of the molecule is C[C@@H](NC(=O)OC(C)(C)C)C(=O)Oc1cc(O)c2c(=O)c3ccccc3oc2c1. The average molecular weight is 399 g/mol. The number of para-hydroxylation sites is 1. The lowest BCUT2D eigenvalue weighted by atomic mass is 10.1. The number of phenolic OH excluding ortho intramolecular Hbond substituents is 1. The normalized spacial score (nSPS) is 12.6. The molecule has 0 aliphatic carbocycles. The van der Waals surface area contributed by atoms with Crippen LogP contribution in [0.3, 0.4) is 0 Å². The predicted molar refractivity (Wildman–Crippen MR) is 106 cm³/mol. The van der Waals surface area contributed by atoms with Crippen LogP contribution in [0.15, 0.2) is 45.6 Å². The van der Waals surface area contributed by atoms with E-state index in [1.807, 2.05) is 0 Å². The summed E-state index contributed by atoms with van der Waals surface area (Å²) in [7, 11) is 0. The Morgan fingerprint density at radius 2 is 1.83 bits per heavy atom. The van der Waals surface area contributed by atoms with Crippen molar-refractivity contribution in [2.45, 2.75) is 39.3 Å². The number of fused-ring (bicyclic) bond motifs is 2. The van der Waals surface area contributed by atoms with Gasteiger partial charge < -0.3 is 24.3 Å². The fraction of sp³-hybridized carbons (Fsp3) is 0.286. The average Bonchev–Trinajstić information content (AvgIpc) is 2.59. The minimum atomic E-state index is -1.01. The van der Waals surface area contributed by atoms with Gasteiger partial charge in [0.05, 0.1) is 5.39 Å². The van der Waals surface area contributed by atoms with E-state index in [0.717, 1.165) is 6.07 Å². The maximum atomic E-state index is 12.6. The molecule has 0 saturated carbocycles. The Morgan fingerprint density at radius 3 is 2.52 bits per heavy atom. The number of phenols is 1. The second kappa shape index (κ2) is 7.46. The first kappa shape index (κ1) is 20.2. The van der Waals surface area contributed by atoms with Crippen LogP contribution in [0.25, 0.3) is 21.9 Å². The Morgan fingerprint density at radius 1 is 1.14 bits per heavy atom. The number of benzene rings is 2. The maximum absolute atomic E-state index is 12.6. The third-order valence-corrected chi connectivity index (χ3v) is 3.94. The number of rotatable bonds is 3. The van der Waals surface area contributed by atoms with E-state index in [1.54, 1.807) is 45.0 Å². The van der Waals surface area contributed by atoms with Crippen LogP contribution in [0.4, 0.5) is 4.79 Å². The lowest BCUT2D eigenvalue weighted by molar-refractivity contribution is -0.136. The number of ether oxygens (including phenoxy) is 2. The summed E-state index contributed by atoms with van der Waals surface area (Å²) >= 11 is 0. The molecule has 8 nitrogen and oxygen atoms in total. The smallest absolute Gasteiger partial charge is 0.408 e. The molecular weight excluding hydrogens is 378 g/mol. The molecule has 1 heterocycles. The Kier molecular flexibility index (Phi) is 5.19. The van der Waals surface area contributed by atoms with Crippen LogP contribution < -0.4 is 15.5 Å². The van der Waals surface area contributed by atoms with E-state index in [0.29, 0.717) is 11.0 Å². The highest BCUT2D eigenvalue weighted by molar-refractivity contribution is 5.94. The van der Waals surface area contributed by atoms with Crippen LogP contribution in [0.1, 0.15) is 27.7 Å². The van der Waals surface area contributed by atoms with Gasteiger partial charge in [-0.15, -0.1) is 0 Å². The molecule has 8 heteroatoms. The Balaban J connectivity index is 1.85. The Bertz CT molecular complexity index is 1160. The van der Waals surface area contributed by atoms with Crippen molar-refractivity contribution in [1.29, 1.82) is 0 Å². The summed E-state index contributed by atoms with van der Waals surface area (Å²) in [6.45, 7) is 6.53. The minimum absolute atomic E-state index is 0.0107. The molecule has 1 amide bonds. The van der Waals surface area contributed by atoms with Crippen molar-refractivity contribution in [3.8, 4) is 11.5 Å². The first-order chi connectivity index (χ1) is 13.5. The number of esters is 1. The summed E-state index contributed by atoms with van der Waals surface area (Å²) in [5.41, 5.74) is -0.688. The number of hydrogen-bond acceptors (Lipinski definition) is 7. The van der Waals surface area contributed by atoms with E-state index in [-0.39, 0.29) is 22.5 Å². The Hall–Kier alpha value is -3.55. The lowest BCUT2D eigenvalue weighted by Gasteiger charge is -2.21. The fourth-order valence-electron chi connectivity index (χ4n) is 2.69. The third kappa shape index (κ3) is 4.48. The highest BCUT2D eigenvalue weighted by atomic mass is 16.6. The molecule has 0 aliphatic rings. The number of aromatic hydroxyl groups is 1. The molecule has 0 radical (unpaired) electrons. The van der Waals surface area contributed by atoms with E-state index < -0.39 is 29.1 Å². The summed E-state index contributed by atoms with van der Waals surface area (Å²) in [6.07, 6.45) is -0.763. The summed E-state index contributed by atoms with van der Waals surface area (Å²) in [4.78, 5) is 36.7. The number of carbonyl (C=O) groups is 2. The van der Waals surface area contributed by atoms with Crippen molar-refractivity contribution < 1.29 is 28.6 Å². The minimum Gasteiger partial charge on any atom is -0.507 e. The molecule has 2 N–H and O–H groups in total. The van der Waals surface area contributed by atoms with Gasteiger partial charge in [-0.05, 0) is 39.8 Å².